The molecular formula is C16H28N4. The largest absolute Gasteiger partial charge is 0.337 e. The first-order valence-electron chi connectivity index (χ1n) is 7.87. The lowest BCUT2D eigenvalue weighted by molar-refractivity contribution is 0.332. The molecule has 112 valence electrons. The second-order valence-corrected chi connectivity index (χ2v) is 6.27. The van der Waals surface area contributed by atoms with Crippen LogP contribution in [-0.4, -0.2) is 29.1 Å². The molecule has 0 bridgehead atoms. The number of aromatic nitrogens is 2. The van der Waals surface area contributed by atoms with Crippen molar-refractivity contribution >= 4 is 5.95 Å². The molecule has 1 aliphatic heterocycles. The van der Waals surface area contributed by atoms with Crippen LogP contribution in [0.2, 0.25) is 0 Å². The molecule has 0 spiro atoms. The second-order valence-electron chi connectivity index (χ2n) is 6.27. The number of piperidine rings is 1. The molecule has 0 radical (unpaired) electrons. The zero-order valence-corrected chi connectivity index (χ0v) is 13.3. The molecule has 2 unspecified atom stereocenters. The molecule has 1 aliphatic rings. The maximum absolute atomic E-state index is 5.99. The molecule has 0 amide bonds. The second kappa shape index (κ2) is 6.53. The van der Waals surface area contributed by atoms with E-state index in [1.54, 1.807) is 0 Å². The van der Waals surface area contributed by atoms with Crippen LogP contribution < -0.4 is 10.6 Å². The summed E-state index contributed by atoms with van der Waals surface area (Å²) in [5.74, 6) is 2.10. The quantitative estimate of drug-likeness (QED) is 0.918. The predicted octanol–water partition coefficient (Wildman–Crippen LogP) is 2.86. The smallest absolute Gasteiger partial charge is 0.226 e. The summed E-state index contributed by atoms with van der Waals surface area (Å²) in [5, 5.41) is 0. The van der Waals surface area contributed by atoms with Gasteiger partial charge in [0.05, 0.1) is 0 Å². The molecule has 1 aromatic rings. The van der Waals surface area contributed by atoms with E-state index in [2.05, 4.69) is 36.7 Å². The number of aryl methyl sites for hydroxylation is 1. The SMILES string of the molecule is CCC1CCN(c2nc(C)cc(C(C)C)n2)C(CN)C1. The summed E-state index contributed by atoms with van der Waals surface area (Å²) in [7, 11) is 0. The van der Waals surface area contributed by atoms with Crippen LogP contribution in [0, 0.1) is 12.8 Å². The van der Waals surface area contributed by atoms with Crippen LogP contribution in [0.4, 0.5) is 5.95 Å². The summed E-state index contributed by atoms with van der Waals surface area (Å²) in [6.07, 6.45) is 3.64. The Bertz CT molecular complexity index is 444. The Morgan fingerprint density at radius 2 is 2.15 bits per heavy atom. The minimum Gasteiger partial charge on any atom is -0.337 e. The Morgan fingerprint density at radius 3 is 2.75 bits per heavy atom. The average molecular weight is 276 g/mol. The molecule has 4 heteroatoms. The van der Waals surface area contributed by atoms with Crippen molar-refractivity contribution in [2.45, 2.75) is 58.9 Å². The summed E-state index contributed by atoms with van der Waals surface area (Å²) in [5.41, 5.74) is 8.16. The minimum absolute atomic E-state index is 0.385. The normalized spacial score (nSPS) is 23.4. The van der Waals surface area contributed by atoms with Crippen molar-refractivity contribution in [2.75, 3.05) is 18.0 Å². The molecule has 4 nitrogen and oxygen atoms in total. The average Bonchev–Trinajstić information content (AvgIpc) is 2.45. The molecule has 1 saturated heterocycles. The standard InChI is InChI=1S/C16H28N4/c1-5-13-6-7-20(14(9-13)10-17)16-18-12(4)8-15(19-16)11(2)3/h8,11,13-14H,5-7,9-10,17H2,1-4H3. The zero-order chi connectivity index (χ0) is 14.7. The predicted molar refractivity (Wildman–Crippen MR) is 84.1 cm³/mol. The van der Waals surface area contributed by atoms with Gasteiger partial charge in [0.15, 0.2) is 0 Å². The number of nitrogens with zero attached hydrogens (tertiary/aromatic N) is 3. The van der Waals surface area contributed by atoms with E-state index in [1.807, 2.05) is 6.92 Å². The van der Waals surface area contributed by atoms with Crippen LogP contribution in [0.3, 0.4) is 0 Å². The van der Waals surface area contributed by atoms with E-state index in [4.69, 9.17) is 10.7 Å². The fourth-order valence-corrected chi connectivity index (χ4v) is 2.99. The van der Waals surface area contributed by atoms with E-state index in [1.165, 1.54) is 19.3 Å². The number of nitrogens with two attached hydrogens (primary N) is 1. The molecule has 0 aliphatic carbocycles. The monoisotopic (exact) mass is 276 g/mol. The third-order valence-corrected chi connectivity index (χ3v) is 4.38. The fourth-order valence-electron chi connectivity index (χ4n) is 2.99. The van der Waals surface area contributed by atoms with Crippen LogP contribution in [-0.2, 0) is 0 Å². The molecule has 0 aromatic carbocycles. The van der Waals surface area contributed by atoms with Gasteiger partial charge < -0.3 is 10.6 Å². The van der Waals surface area contributed by atoms with Crippen molar-refractivity contribution in [3.05, 3.63) is 17.5 Å². The third kappa shape index (κ3) is 3.29. The van der Waals surface area contributed by atoms with Crippen LogP contribution in [0.25, 0.3) is 0 Å². The Balaban J connectivity index is 2.25. The van der Waals surface area contributed by atoms with Gasteiger partial charge in [-0.3, -0.25) is 0 Å². The molecule has 2 atom stereocenters. The van der Waals surface area contributed by atoms with Crippen LogP contribution >= 0.6 is 0 Å². The lowest BCUT2D eigenvalue weighted by atomic mass is 9.89. The topological polar surface area (TPSA) is 55.0 Å². The summed E-state index contributed by atoms with van der Waals surface area (Å²) in [6.45, 7) is 10.4. The number of hydrogen-bond acceptors (Lipinski definition) is 4. The van der Waals surface area contributed by atoms with E-state index in [0.29, 0.717) is 18.5 Å². The number of anilines is 1. The zero-order valence-electron chi connectivity index (χ0n) is 13.3. The van der Waals surface area contributed by atoms with Crippen LogP contribution in [0.5, 0.6) is 0 Å². The highest BCUT2D eigenvalue weighted by molar-refractivity contribution is 5.35. The molecule has 0 saturated carbocycles. The molecular weight excluding hydrogens is 248 g/mol. The van der Waals surface area contributed by atoms with Gasteiger partial charge in [-0.2, -0.15) is 0 Å². The first-order valence-corrected chi connectivity index (χ1v) is 7.87. The Kier molecular flexibility index (Phi) is 4.97. The molecule has 2 rings (SSSR count). The van der Waals surface area contributed by atoms with Gasteiger partial charge in [-0.05, 0) is 37.7 Å². The van der Waals surface area contributed by atoms with Crippen molar-refractivity contribution in [1.29, 1.82) is 0 Å². The highest BCUT2D eigenvalue weighted by Gasteiger charge is 2.28. The van der Waals surface area contributed by atoms with E-state index < -0.39 is 0 Å². The Morgan fingerprint density at radius 1 is 1.40 bits per heavy atom. The summed E-state index contributed by atoms with van der Waals surface area (Å²) < 4.78 is 0. The van der Waals surface area contributed by atoms with Gasteiger partial charge in [0.25, 0.3) is 0 Å². The first-order chi connectivity index (χ1) is 9.55. The molecule has 2 N–H and O–H groups in total. The van der Waals surface area contributed by atoms with Crippen molar-refractivity contribution in [2.24, 2.45) is 11.7 Å². The first kappa shape index (κ1) is 15.2. The molecule has 1 aromatic heterocycles. The van der Waals surface area contributed by atoms with Gasteiger partial charge in [0.2, 0.25) is 5.95 Å². The number of hydrogen-bond donors (Lipinski definition) is 1. The van der Waals surface area contributed by atoms with E-state index in [9.17, 15) is 0 Å². The van der Waals surface area contributed by atoms with Crippen LogP contribution in [0.1, 0.15) is 57.3 Å². The maximum atomic E-state index is 5.99. The lowest BCUT2D eigenvalue weighted by Crippen LogP contribution is -2.47. The van der Waals surface area contributed by atoms with Crippen molar-refractivity contribution in [3.8, 4) is 0 Å². The third-order valence-electron chi connectivity index (χ3n) is 4.38. The Hall–Kier alpha value is -1.16. The van der Waals surface area contributed by atoms with Gasteiger partial charge in [0, 0.05) is 30.5 Å². The van der Waals surface area contributed by atoms with Crippen molar-refractivity contribution in [1.82, 2.24) is 9.97 Å². The maximum Gasteiger partial charge on any atom is 0.226 e. The van der Waals surface area contributed by atoms with Gasteiger partial charge >= 0.3 is 0 Å². The lowest BCUT2D eigenvalue weighted by Gasteiger charge is -2.39. The van der Waals surface area contributed by atoms with Crippen molar-refractivity contribution in [3.63, 3.8) is 0 Å². The van der Waals surface area contributed by atoms with Crippen molar-refractivity contribution < 1.29 is 0 Å². The molecule has 2 heterocycles. The molecule has 20 heavy (non-hydrogen) atoms. The van der Waals surface area contributed by atoms with Gasteiger partial charge in [-0.1, -0.05) is 27.2 Å². The summed E-state index contributed by atoms with van der Waals surface area (Å²) in [6, 6.07) is 2.47. The highest BCUT2D eigenvalue weighted by Crippen LogP contribution is 2.28. The van der Waals surface area contributed by atoms with E-state index in [0.717, 1.165) is 29.8 Å². The highest BCUT2D eigenvalue weighted by atomic mass is 15.3. The minimum atomic E-state index is 0.385. The Labute approximate surface area is 122 Å². The van der Waals surface area contributed by atoms with Gasteiger partial charge in [-0.15, -0.1) is 0 Å². The van der Waals surface area contributed by atoms with Crippen LogP contribution in [0.15, 0.2) is 6.07 Å². The summed E-state index contributed by atoms with van der Waals surface area (Å²) in [4.78, 5) is 11.7. The summed E-state index contributed by atoms with van der Waals surface area (Å²) >= 11 is 0. The fraction of sp³-hybridized carbons (Fsp3) is 0.750. The molecule has 1 fully saturated rings. The van der Waals surface area contributed by atoms with Gasteiger partial charge in [-0.25, -0.2) is 9.97 Å². The van der Waals surface area contributed by atoms with Gasteiger partial charge in [0.1, 0.15) is 0 Å². The number of rotatable bonds is 4. The van der Waals surface area contributed by atoms with E-state index >= 15 is 0 Å². The van der Waals surface area contributed by atoms with E-state index in [-0.39, 0.29) is 0 Å².